The number of alkyl halides is 3. The zero-order chi connectivity index (χ0) is 24.7. The van der Waals surface area contributed by atoms with E-state index in [9.17, 15) is 23.1 Å². The molecule has 1 atom stereocenters. The third-order valence-electron chi connectivity index (χ3n) is 7.33. The molecule has 184 valence electrons. The SMILES string of the molecule is COc1cc2c(cc1OC)C(=O)C(C)(CN1CCC(O)(c3cccc(C(F)(F)F)c3)CC1)CC2. The summed E-state index contributed by atoms with van der Waals surface area (Å²) >= 11 is 0. The lowest BCUT2D eigenvalue weighted by Crippen LogP contribution is -2.49. The number of ketones is 1. The van der Waals surface area contributed by atoms with Gasteiger partial charge < -0.3 is 19.5 Å². The summed E-state index contributed by atoms with van der Waals surface area (Å²) in [4.78, 5) is 15.6. The van der Waals surface area contributed by atoms with Gasteiger partial charge >= 0.3 is 6.18 Å². The first-order chi connectivity index (χ1) is 16.0. The van der Waals surface area contributed by atoms with E-state index < -0.39 is 22.8 Å². The number of aliphatic hydroxyl groups is 1. The summed E-state index contributed by atoms with van der Waals surface area (Å²) < 4.78 is 50.1. The Morgan fingerprint density at radius 3 is 2.29 bits per heavy atom. The van der Waals surface area contributed by atoms with Gasteiger partial charge in [0.2, 0.25) is 0 Å². The second kappa shape index (κ2) is 8.89. The Morgan fingerprint density at radius 1 is 1.03 bits per heavy atom. The van der Waals surface area contributed by atoms with Gasteiger partial charge in [-0.05, 0) is 61.1 Å². The van der Waals surface area contributed by atoms with E-state index in [2.05, 4.69) is 4.90 Å². The third kappa shape index (κ3) is 4.53. The first-order valence-corrected chi connectivity index (χ1v) is 11.4. The number of rotatable bonds is 5. The Morgan fingerprint density at radius 2 is 1.68 bits per heavy atom. The van der Waals surface area contributed by atoms with Crippen LogP contribution < -0.4 is 9.47 Å². The van der Waals surface area contributed by atoms with E-state index in [-0.39, 0.29) is 11.3 Å². The van der Waals surface area contributed by atoms with Crippen LogP contribution in [0.4, 0.5) is 13.2 Å². The Hall–Kier alpha value is -2.58. The lowest BCUT2D eigenvalue weighted by Gasteiger charge is -2.43. The van der Waals surface area contributed by atoms with Crippen molar-refractivity contribution >= 4 is 5.78 Å². The molecular formula is C26H30F3NO4. The molecule has 2 aliphatic rings. The number of benzene rings is 2. The largest absolute Gasteiger partial charge is 0.493 e. The van der Waals surface area contributed by atoms with Gasteiger partial charge in [0, 0.05) is 30.6 Å². The van der Waals surface area contributed by atoms with Crippen LogP contribution in [0.25, 0.3) is 0 Å². The van der Waals surface area contributed by atoms with E-state index in [0.717, 1.165) is 24.1 Å². The van der Waals surface area contributed by atoms with Crippen molar-refractivity contribution in [1.82, 2.24) is 4.90 Å². The lowest BCUT2D eigenvalue weighted by atomic mass is 9.71. The van der Waals surface area contributed by atoms with E-state index in [0.29, 0.717) is 56.0 Å². The minimum absolute atomic E-state index is 0.0495. The second-order valence-corrected chi connectivity index (χ2v) is 9.64. The third-order valence-corrected chi connectivity index (χ3v) is 7.33. The van der Waals surface area contributed by atoms with Crippen molar-refractivity contribution in [2.45, 2.75) is 44.4 Å². The molecule has 2 aromatic carbocycles. The monoisotopic (exact) mass is 477 g/mol. The second-order valence-electron chi connectivity index (χ2n) is 9.64. The van der Waals surface area contributed by atoms with Crippen molar-refractivity contribution in [1.29, 1.82) is 0 Å². The molecule has 0 aromatic heterocycles. The highest BCUT2D eigenvalue weighted by atomic mass is 19.4. The van der Waals surface area contributed by atoms with E-state index >= 15 is 0 Å². The predicted molar refractivity (Wildman–Crippen MR) is 121 cm³/mol. The Labute approximate surface area is 197 Å². The van der Waals surface area contributed by atoms with Crippen LogP contribution in [0, 0.1) is 5.41 Å². The topological polar surface area (TPSA) is 59.0 Å². The molecule has 0 radical (unpaired) electrons. The average Bonchev–Trinajstić information content (AvgIpc) is 2.82. The number of aryl methyl sites for hydroxylation is 1. The molecule has 0 saturated carbocycles. The minimum atomic E-state index is -4.45. The van der Waals surface area contributed by atoms with E-state index in [1.54, 1.807) is 19.2 Å². The van der Waals surface area contributed by atoms with Crippen LogP contribution in [0.5, 0.6) is 11.5 Å². The number of halogens is 3. The van der Waals surface area contributed by atoms with Gasteiger partial charge in [-0.2, -0.15) is 13.2 Å². The highest BCUT2D eigenvalue weighted by Crippen LogP contribution is 2.42. The summed E-state index contributed by atoms with van der Waals surface area (Å²) in [6.07, 6.45) is -2.42. The van der Waals surface area contributed by atoms with E-state index in [1.807, 2.05) is 13.0 Å². The number of carbonyl (C=O) groups is 1. The van der Waals surface area contributed by atoms with E-state index in [4.69, 9.17) is 9.47 Å². The number of nitrogens with zero attached hydrogens (tertiary/aromatic N) is 1. The molecule has 0 spiro atoms. The number of fused-ring (bicyclic) bond motifs is 1. The van der Waals surface area contributed by atoms with Crippen molar-refractivity contribution in [2.75, 3.05) is 33.9 Å². The highest BCUT2D eigenvalue weighted by molar-refractivity contribution is 6.03. The van der Waals surface area contributed by atoms with Gasteiger partial charge in [0.05, 0.1) is 25.4 Å². The molecule has 5 nitrogen and oxygen atoms in total. The van der Waals surface area contributed by atoms with Crippen molar-refractivity contribution in [3.05, 3.63) is 58.7 Å². The molecule has 1 aliphatic heterocycles. The number of hydrogen-bond acceptors (Lipinski definition) is 5. The lowest BCUT2D eigenvalue weighted by molar-refractivity contribution is -0.137. The van der Waals surface area contributed by atoms with Crippen molar-refractivity contribution in [3.63, 3.8) is 0 Å². The smallest absolute Gasteiger partial charge is 0.416 e. The Balaban J connectivity index is 1.47. The fraction of sp³-hybridized carbons (Fsp3) is 0.500. The van der Waals surface area contributed by atoms with Crippen LogP contribution in [0.2, 0.25) is 0 Å². The molecule has 0 amide bonds. The number of hydrogen-bond donors (Lipinski definition) is 1. The summed E-state index contributed by atoms with van der Waals surface area (Å²) in [6.45, 7) is 3.48. The van der Waals surface area contributed by atoms with Gasteiger partial charge in [-0.3, -0.25) is 4.79 Å². The van der Waals surface area contributed by atoms with Crippen LogP contribution in [-0.4, -0.2) is 49.6 Å². The minimum Gasteiger partial charge on any atom is -0.493 e. The van der Waals surface area contributed by atoms with Crippen molar-refractivity contribution in [2.24, 2.45) is 5.41 Å². The number of piperidine rings is 1. The molecule has 1 aliphatic carbocycles. The summed E-state index contributed by atoms with van der Waals surface area (Å²) in [6, 6.07) is 8.55. The molecule has 0 bridgehead atoms. The number of methoxy groups -OCH3 is 2. The molecule has 8 heteroatoms. The number of ether oxygens (including phenoxy) is 2. The maximum absolute atomic E-state index is 13.5. The molecule has 1 fully saturated rings. The zero-order valence-corrected chi connectivity index (χ0v) is 19.7. The zero-order valence-electron chi connectivity index (χ0n) is 19.7. The number of carbonyl (C=O) groups excluding carboxylic acids is 1. The van der Waals surface area contributed by atoms with Gasteiger partial charge in [0.1, 0.15) is 0 Å². The summed E-state index contributed by atoms with van der Waals surface area (Å²) in [5.41, 5.74) is -0.797. The van der Waals surface area contributed by atoms with E-state index in [1.165, 1.54) is 13.2 Å². The van der Waals surface area contributed by atoms with Gasteiger partial charge in [-0.1, -0.05) is 19.1 Å². The van der Waals surface area contributed by atoms with Crippen LogP contribution in [0.3, 0.4) is 0 Å². The molecular weight excluding hydrogens is 447 g/mol. The molecule has 1 N–H and O–H groups in total. The summed E-state index contributed by atoms with van der Waals surface area (Å²) in [7, 11) is 3.10. The van der Waals surface area contributed by atoms with Gasteiger partial charge in [0.25, 0.3) is 0 Å². The predicted octanol–water partition coefficient (Wildman–Crippen LogP) is 4.84. The quantitative estimate of drug-likeness (QED) is 0.668. The fourth-order valence-corrected chi connectivity index (χ4v) is 5.19. The summed E-state index contributed by atoms with van der Waals surface area (Å²) in [5.74, 6) is 1.17. The molecule has 1 saturated heterocycles. The maximum Gasteiger partial charge on any atom is 0.416 e. The molecule has 1 unspecified atom stereocenters. The Bertz CT molecular complexity index is 1080. The molecule has 4 rings (SSSR count). The number of Topliss-reactive ketones (excluding diaryl/α,β-unsaturated/α-hetero) is 1. The van der Waals surface area contributed by atoms with Gasteiger partial charge in [0.15, 0.2) is 17.3 Å². The maximum atomic E-state index is 13.5. The van der Waals surface area contributed by atoms with Crippen LogP contribution >= 0.6 is 0 Å². The van der Waals surface area contributed by atoms with Crippen LogP contribution in [-0.2, 0) is 18.2 Å². The molecule has 2 aromatic rings. The van der Waals surface area contributed by atoms with Crippen molar-refractivity contribution < 1.29 is 32.5 Å². The first-order valence-electron chi connectivity index (χ1n) is 11.4. The van der Waals surface area contributed by atoms with Crippen LogP contribution in [0.1, 0.15) is 53.2 Å². The Kier molecular flexibility index (Phi) is 6.42. The van der Waals surface area contributed by atoms with Gasteiger partial charge in [-0.15, -0.1) is 0 Å². The average molecular weight is 478 g/mol. The first kappa shape index (κ1) is 24.5. The summed E-state index contributed by atoms with van der Waals surface area (Å²) in [5, 5.41) is 11.1. The highest BCUT2D eigenvalue weighted by Gasteiger charge is 2.43. The van der Waals surface area contributed by atoms with Crippen LogP contribution in [0.15, 0.2) is 36.4 Å². The fourth-order valence-electron chi connectivity index (χ4n) is 5.19. The van der Waals surface area contributed by atoms with Gasteiger partial charge in [-0.25, -0.2) is 0 Å². The number of likely N-dealkylation sites (tertiary alicyclic amines) is 1. The normalized spacial score (nSPS) is 22.9. The standard InChI is InChI=1S/C26H30F3NO4/c1-24(8-7-17-13-21(33-2)22(34-3)15-20(17)23(24)31)16-30-11-9-25(32,10-12-30)18-5-4-6-19(14-18)26(27,28)29/h4-6,13-15,32H,7-12,16H2,1-3H3. The van der Waals surface area contributed by atoms with Crippen molar-refractivity contribution in [3.8, 4) is 11.5 Å². The molecule has 34 heavy (non-hydrogen) atoms. The molecule has 1 heterocycles.